The quantitative estimate of drug-likeness (QED) is 0.737. The molecule has 3 rings (SSSR count). The fraction of sp³-hybridized carbons (Fsp3) is 0.200. The maximum Gasteiger partial charge on any atom is 0.255 e. The van der Waals surface area contributed by atoms with Crippen LogP contribution in [0.1, 0.15) is 21.6 Å². The van der Waals surface area contributed by atoms with Crippen molar-refractivity contribution in [3.05, 3.63) is 71.5 Å². The largest absolute Gasteiger partial charge is 0.497 e. The third kappa shape index (κ3) is 4.03. The summed E-state index contributed by atoms with van der Waals surface area (Å²) in [7, 11) is 3.46. The fourth-order valence-electron chi connectivity index (χ4n) is 2.41. The minimum absolute atomic E-state index is 0.163. The van der Waals surface area contributed by atoms with Crippen molar-refractivity contribution < 1.29 is 14.3 Å². The first-order valence-corrected chi connectivity index (χ1v) is 8.22. The Morgan fingerprint density at radius 2 is 1.73 bits per heavy atom. The van der Waals surface area contributed by atoms with Crippen LogP contribution in [0.2, 0.25) is 0 Å². The Morgan fingerprint density at radius 3 is 2.31 bits per heavy atom. The highest BCUT2D eigenvalue weighted by Gasteiger charge is 2.10. The molecule has 0 unspecified atom stereocenters. The number of nitrogens with zero attached hydrogens (tertiary/aromatic N) is 2. The van der Waals surface area contributed by atoms with Crippen molar-refractivity contribution in [2.45, 2.75) is 13.5 Å². The van der Waals surface area contributed by atoms with Crippen molar-refractivity contribution in [2.75, 3.05) is 12.4 Å². The van der Waals surface area contributed by atoms with E-state index in [0.717, 1.165) is 22.8 Å². The maximum absolute atomic E-state index is 12.3. The highest BCUT2D eigenvalue weighted by Crippen LogP contribution is 2.19. The topological polar surface area (TPSA) is 65.4 Å². The molecule has 0 bridgehead atoms. The predicted octanol–water partition coefficient (Wildman–Crippen LogP) is 3.57. The molecule has 0 fully saturated rings. The molecule has 0 radical (unpaired) electrons. The Hall–Kier alpha value is -3.28. The number of amides is 1. The number of hydrogen-bond donors (Lipinski definition) is 1. The molecule has 26 heavy (non-hydrogen) atoms. The first-order valence-electron chi connectivity index (χ1n) is 8.22. The van der Waals surface area contributed by atoms with Crippen molar-refractivity contribution >= 4 is 11.6 Å². The molecule has 6 nitrogen and oxygen atoms in total. The van der Waals surface area contributed by atoms with Crippen LogP contribution in [-0.2, 0) is 13.7 Å². The number of benzene rings is 2. The van der Waals surface area contributed by atoms with Crippen LogP contribution < -0.4 is 14.8 Å². The highest BCUT2D eigenvalue weighted by molar-refractivity contribution is 6.04. The van der Waals surface area contributed by atoms with Gasteiger partial charge in [0.2, 0.25) is 0 Å². The number of nitrogens with one attached hydrogen (secondary N) is 1. The Bertz CT molecular complexity index is 884. The molecule has 0 aliphatic heterocycles. The van der Waals surface area contributed by atoms with Crippen LogP contribution in [-0.4, -0.2) is 22.8 Å². The van der Waals surface area contributed by atoms with Crippen LogP contribution in [0.15, 0.2) is 54.7 Å². The van der Waals surface area contributed by atoms with E-state index < -0.39 is 0 Å². The van der Waals surface area contributed by atoms with E-state index in [0.29, 0.717) is 17.9 Å². The van der Waals surface area contributed by atoms with Crippen LogP contribution >= 0.6 is 0 Å². The molecule has 3 aromatic rings. The van der Waals surface area contributed by atoms with E-state index in [1.807, 2.05) is 50.4 Å². The molecule has 0 saturated carbocycles. The minimum atomic E-state index is -0.163. The summed E-state index contributed by atoms with van der Waals surface area (Å²) in [6.45, 7) is 2.33. The zero-order valence-corrected chi connectivity index (χ0v) is 15.0. The number of carbonyl (C=O) groups excluding carboxylic acids is 1. The minimum Gasteiger partial charge on any atom is -0.497 e. The van der Waals surface area contributed by atoms with Crippen LogP contribution in [0, 0.1) is 6.92 Å². The lowest BCUT2D eigenvalue weighted by molar-refractivity contribution is 0.102. The van der Waals surface area contributed by atoms with Gasteiger partial charge in [-0.2, -0.15) is 5.10 Å². The van der Waals surface area contributed by atoms with Crippen molar-refractivity contribution in [2.24, 2.45) is 7.05 Å². The lowest BCUT2D eigenvalue weighted by Crippen LogP contribution is -2.12. The number of aryl methyl sites for hydroxylation is 1. The standard InChI is InChI=1S/C20H21N3O3/c1-14-19(12-21-23(14)2)22-20(24)16-6-4-15(5-7-16)13-26-18-10-8-17(25-3)9-11-18/h4-12H,13H2,1-3H3,(H,22,24). The van der Waals surface area contributed by atoms with Gasteiger partial charge in [0.1, 0.15) is 18.1 Å². The van der Waals surface area contributed by atoms with Gasteiger partial charge in [0.15, 0.2) is 0 Å². The van der Waals surface area contributed by atoms with Gasteiger partial charge in [-0.05, 0) is 48.9 Å². The van der Waals surface area contributed by atoms with Gasteiger partial charge in [-0.15, -0.1) is 0 Å². The molecule has 1 heterocycles. The molecule has 0 spiro atoms. The van der Waals surface area contributed by atoms with E-state index in [-0.39, 0.29) is 5.91 Å². The molecule has 1 amide bonds. The molecule has 134 valence electrons. The molecule has 1 N–H and O–H groups in total. The number of rotatable bonds is 6. The van der Waals surface area contributed by atoms with Gasteiger partial charge in [0.25, 0.3) is 5.91 Å². The van der Waals surface area contributed by atoms with E-state index in [9.17, 15) is 4.79 Å². The number of aromatic nitrogens is 2. The Balaban J connectivity index is 1.58. The van der Waals surface area contributed by atoms with Crippen LogP contribution in [0.4, 0.5) is 5.69 Å². The first-order chi connectivity index (χ1) is 12.6. The van der Waals surface area contributed by atoms with Crippen molar-refractivity contribution in [1.29, 1.82) is 0 Å². The second kappa shape index (κ2) is 7.74. The smallest absolute Gasteiger partial charge is 0.255 e. The number of carbonyl (C=O) groups is 1. The van der Waals surface area contributed by atoms with Crippen molar-refractivity contribution in [3.63, 3.8) is 0 Å². The van der Waals surface area contributed by atoms with E-state index in [1.165, 1.54) is 0 Å². The van der Waals surface area contributed by atoms with Gasteiger partial charge in [0.05, 0.1) is 24.7 Å². The highest BCUT2D eigenvalue weighted by atomic mass is 16.5. The Morgan fingerprint density at radius 1 is 1.08 bits per heavy atom. The Kier molecular flexibility index (Phi) is 5.22. The number of anilines is 1. The molecular formula is C20H21N3O3. The maximum atomic E-state index is 12.3. The predicted molar refractivity (Wildman–Crippen MR) is 99.7 cm³/mol. The second-order valence-electron chi connectivity index (χ2n) is 5.88. The summed E-state index contributed by atoms with van der Waals surface area (Å²) in [6, 6.07) is 14.8. The first kappa shape index (κ1) is 17.5. The lowest BCUT2D eigenvalue weighted by Gasteiger charge is -2.08. The lowest BCUT2D eigenvalue weighted by atomic mass is 10.1. The molecule has 2 aromatic carbocycles. The van der Waals surface area contributed by atoms with Crippen molar-refractivity contribution in [3.8, 4) is 11.5 Å². The summed E-state index contributed by atoms with van der Waals surface area (Å²) < 4.78 is 12.6. The van der Waals surface area contributed by atoms with Gasteiger partial charge in [-0.25, -0.2) is 0 Å². The summed E-state index contributed by atoms with van der Waals surface area (Å²) >= 11 is 0. The summed E-state index contributed by atoms with van der Waals surface area (Å²) in [5.41, 5.74) is 3.18. The van der Waals surface area contributed by atoms with Crippen LogP contribution in [0.3, 0.4) is 0 Å². The average Bonchev–Trinajstić information content (AvgIpc) is 2.99. The normalized spacial score (nSPS) is 10.4. The van der Waals surface area contributed by atoms with Gasteiger partial charge < -0.3 is 14.8 Å². The third-order valence-corrected chi connectivity index (χ3v) is 4.16. The molecule has 0 atom stereocenters. The van der Waals surface area contributed by atoms with E-state index in [2.05, 4.69) is 10.4 Å². The summed E-state index contributed by atoms with van der Waals surface area (Å²) in [4.78, 5) is 12.3. The van der Waals surface area contributed by atoms with Gasteiger partial charge in [-0.1, -0.05) is 12.1 Å². The average molecular weight is 351 g/mol. The number of hydrogen-bond acceptors (Lipinski definition) is 4. The third-order valence-electron chi connectivity index (χ3n) is 4.16. The van der Waals surface area contributed by atoms with E-state index >= 15 is 0 Å². The monoisotopic (exact) mass is 351 g/mol. The summed E-state index contributed by atoms with van der Waals surface area (Å²) in [5.74, 6) is 1.39. The van der Waals surface area contributed by atoms with E-state index in [1.54, 1.807) is 30.1 Å². The van der Waals surface area contributed by atoms with Gasteiger partial charge in [0, 0.05) is 12.6 Å². The zero-order valence-electron chi connectivity index (χ0n) is 15.0. The number of methoxy groups -OCH3 is 1. The molecule has 6 heteroatoms. The second-order valence-corrected chi connectivity index (χ2v) is 5.88. The van der Waals surface area contributed by atoms with Gasteiger partial charge >= 0.3 is 0 Å². The molecule has 1 aromatic heterocycles. The van der Waals surface area contributed by atoms with Crippen LogP contribution in [0.25, 0.3) is 0 Å². The van der Waals surface area contributed by atoms with Gasteiger partial charge in [-0.3, -0.25) is 9.48 Å². The van der Waals surface area contributed by atoms with Crippen molar-refractivity contribution in [1.82, 2.24) is 9.78 Å². The number of ether oxygens (including phenoxy) is 2. The molecule has 0 saturated heterocycles. The van der Waals surface area contributed by atoms with E-state index in [4.69, 9.17) is 9.47 Å². The molecular weight excluding hydrogens is 330 g/mol. The fourth-order valence-corrected chi connectivity index (χ4v) is 2.41. The van der Waals surface area contributed by atoms with Crippen LogP contribution in [0.5, 0.6) is 11.5 Å². The Labute approximate surface area is 152 Å². The summed E-state index contributed by atoms with van der Waals surface area (Å²) in [5, 5.41) is 6.99. The molecule has 0 aliphatic carbocycles. The summed E-state index contributed by atoms with van der Waals surface area (Å²) in [6.07, 6.45) is 1.64. The SMILES string of the molecule is COc1ccc(OCc2ccc(C(=O)Nc3cnn(C)c3C)cc2)cc1. The molecule has 0 aliphatic rings. The zero-order chi connectivity index (χ0) is 18.5.